The van der Waals surface area contributed by atoms with E-state index in [9.17, 15) is 18.0 Å². The summed E-state index contributed by atoms with van der Waals surface area (Å²) in [5.74, 6) is -1.01. The molecule has 0 fully saturated rings. The highest BCUT2D eigenvalue weighted by Crippen LogP contribution is 2.22. The summed E-state index contributed by atoms with van der Waals surface area (Å²) < 4.78 is 25.5. The second kappa shape index (κ2) is 4.56. The number of benzene rings is 1. The van der Waals surface area contributed by atoms with Crippen molar-refractivity contribution in [2.45, 2.75) is 4.90 Å². The van der Waals surface area contributed by atoms with E-state index >= 15 is 0 Å². The van der Waals surface area contributed by atoms with Gasteiger partial charge in [-0.15, -0.1) is 0 Å². The predicted molar refractivity (Wildman–Crippen MR) is 64.4 cm³/mol. The Morgan fingerprint density at radius 1 is 1.05 bits per heavy atom. The first-order valence-corrected chi connectivity index (χ1v) is 6.37. The Hall–Kier alpha value is -2.64. The lowest BCUT2D eigenvalue weighted by Crippen LogP contribution is -2.29. The van der Waals surface area contributed by atoms with E-state index in [1.54, 1.807) is 0 Å². The van der Waals surface area contributed by atoms with Gasteiger partial charge in [-0.1, -0.05) is 0 Å². The van der Waals surface area contributed by atoms with Gasteiger partial charge >= 0.3 is 0 Å². The number of anilines is 1. The number of imide groups is 1. The van der Waals surface area contributed by atoms with E-state index in [4.69, 9.17) is 5.53 Å². The van der Waals surface area contributed by atoms with Crippen LogP contribution < -0.4 is 4.90 Å². The van der Waals surface area contributed by atoms with Crippen molar-refractivity contribution in [3.8, 4) is 0 Å². The summed E-state index contributed by atoms with van der Waals surface area (Å²) in [6.07, 6.45) is 2.24. The van der Waals surface area contributed by atoms with Gasteiger partial charge in [0.05, 0.1) is 10.6 Å². The van der Waals surface area contributed by atoms with Crippen LogP contribution >= 0.6 is 0 Å². The Morgan fingerprint density at radius 2 is 1.58 bits per heavy atom. The number of rotatable bonds is 3. The molecule has 0 atom stereocenters. The van der Waals surface area contributed by atoms with Gasteiger partial charge < -0.3 is 0 Å². The molecule has 0 spiro atoms. The fourth-order valence-electron chi connectivity index (χ4n) is 1.52. The zero-order valence-corrected chi connectivity index (χ0v) is 10.1. The average molecular weight is 278 g/mol. The molecule has 0 saturated carbocycles. The van der Waals surface area contributed by atoms with Crippen LogP contribution in [-0.2, 0) is 19.6 Å². The van der Waals surface area contributed by atoms with Crippen molar-refractivity contribution < 1.29 is 18.0 Å². The molecule has 0 N–H and O–H groups in total. The molecule has 1 aromatic rings. The smallest absolute Gasteiger partial charge is 0.264 e. The minimum atomic E-state index is -4.07. The standard InChI is InChI=1S/C10H6N4O4S/c11-12-13-19(17,18)8-3-1-7(2-4-8)14-9(15)5-6-10(14)16/h1-6H. The maximum atomic E-state index is 11.4. The largest absolute Gasteiger partial charge is 0.269 e. The van der Waals surface area contributed by atoms with Crippen molar-refractivity contribution >= 4 is 27.5 Å². The van der Waals surface area contributed by atoms with Crippen LogP contribution in [0.1, 0.15) is 0 Å². The Labute approximate surface area is 107 Å². The van der Waals surface area contributed by atoms with Crippen LogP contribution in [0, 0.1) is 0 Å². The van der Waals surface area contributed by atoms with Gasteiger partial charge in [-0.25, -0.2) is 13.3 Å². The monoisotopic (exact) mass is 278 g/mol. The SMILES string of the molecule is [N-]=[N+]=NS(=O)(=O)c1ccc(N2C(=O)C=CC2=O)cc1. The lowest BCUT2D eigenvalue weighted by molar-refractivity contribution is -0.119. The van der Waals surface area contributed by atoms with Gasteiger partial charge in [0.25, 0.3) is 21.8 Å². The number of azide groups is 1. The van der Waals surface area contributed by atoms with Gasteiger partial charge in [0.1, 0.15) is 0 Å². The first-order valence-electron chi connectivity index (χ1n) is 4.93. The highest BCUT2D eigenvalue weighted by molar-refractivity contribution is 7.90. The highest BCUT2D eigenvalue weighted by Gasteiger charge is 2.25. The Kier molecular flexibility index (Phi) is 3.07. The van der Waals surface area contributed by atoms with Crippen molar-refractivity contribution in [1.82, 2.24) is 0 Å². The first-order chi connectivity index (χ1) is 8.95. The summed E-state index contributed by atoms with van der Waals surface area (Å²) in [5, 5.41) is 0. The normalized spacial score (nSPS) is 14.6. The quantitative estimate of drug-likeness (QED) is 0.356. The molecule has 8 nitrogen and oxygen atoms in total. The zero-order chi connectivity index (χ0) is 14.0. The van der Waals surface area contributed by atoms with Crippen LogP contribution in [-0.4, -0.2) is 20.2 Å². The fourth-order valence-corrected chi connectivity index (χ4v) is 2.19. The van der Waals surface area contributed by atoms with Crippen LogP contribution in [0.3, 0.4) is 0 Å². The van der Waals surface area contributed by atoms with Crippen molar-refractivity contribution in [2.24, 2.45) is 4.52 Å². The summed E-state index contributed by atoms with van der Waals surface area (Å²) in [5.41, 5.74) is 8.37. The molecule has 19 heavy (non-hydrogen) atoms. The average Bonchev–Trinajstić information content (AvgIpc) is 2.69. The second-order valence-corrected chi connectivity index (χ2v) is 5.07. The third-order valence-corrected chi connectivity index (χ3v) is 3.50. The van der Waals surface area contributed by atoms with Gasteiger partial charge in [-0.3, -0.25) is 9.59 Å². The van der Waals surface area contributed by atoms with Crippen molar-refractivity contribution in [1.29, 1.82) is 0 Å². The summed E-state index contributed by atoms with van der Waals surface area (Å²) in [7, 11) is -4.07. The van der Waals surface area contributed by atoms with E-state index in [2.05, 4.69) is 9.43 Å². The first kappa shape index (κ1) is 12.8. The topological polar surface area (TPSA) is 120 Å². The summed E-state index contributed by atoms with van der Waals surface area (Å²) >= 11 is 0. The Bertz CT molecular complexity index is 711. The molecule has 1 aliphatic heterocycles. The Morgan fingerprint density at radius 3 is 2.05 bits per heavy atom. The molecular formula is C10H6N4O4S. The molecule has 2 amide bonds. The summed E-state index contributed by atoms with van der Waals surface area (Å²) in [6.45, 7) is 0. The van der Waals surface area contributed by atoms with E-state index in [1.165, 1.54) is 12.1 Å². The van der Waals surface area contributed by atoms with Crippen LogP contribution in [0.2, 0.25) is 0 Å². The highest BCUT2D eigenvalue weighted by atomic mass is 32.2. The number of nitrogens with zero attached hydrogens (tertiary/aromatic N) is 4. The van der Waals surface area contributed by atoms with Crippen molar-refractivity contribution in [3.05, 3.63) is 46.9 Å². The summed E-state index contributed by atoms with van der Waals surface area (Å²) in [4.78, 5) is 25.7. The predicted octanol–water partition coefficient (Wildman–Crippen LogP) is 1.12. The molecule has 2 rings (SSSR count). The second-order valence-electron chi connectivity index (χ2n) is 3.49. The third-order valence-electron chi connectivity index (χ3n) is 2.35. The molecule has 0 aromatic heterocycles. The molecule has 96 valence electrons. The molecule has 1 aliphatic rings. The van der Waals surface area contributed by atoms with Crippen LogP contribution in [0.15, 0.2) is 45.8 Å². The maximum Gasteiger partial charge on any atom is 0.264 e. The molecule has 1 heterocycles. The molecule has 0 aliphatic carbocycles. The van der Waals surface area contributed by atoms with E-state index in [0.29, 0.717) is 0 Å². The van der Waals surface area contributed by atoms with Gasteiger partial charge in [-0.05, 0) is 29.8 Å². The minimum absolute atomic E-state index is 0.221. The Balaban J connectivity index is 2.37. The third kappa shape index (κ3) is 2.32. The van der Waals surface area contributed by atoms with E-state index in [1.807, 2.05) is 0 Å². The van der Waals surface area contributed by atoms with Crippen LogP contribution in [0.25, 0.3) is 10.4 Å². The molecular weight excluding hydrogens is 272 g/mol. The molecule has 9 heteroatoms. The van der Waals surface area contributed by atoms with Gasteiger partial charge in [0.2, 0.25) is 0 Å². The minimum Gasteiger partial charge on any atom is -0.269 e. The van der Waals surface area contributed by atoms with Crippen molar-refractivity contribution in [3.63, 3.8) is 0 Å². The van der Waals surface area contributed by atoms with E-state index in [-0.39, 0.29) is 10.6 Å². The molecule has 1 aromatic carbocycles. The van der Waals surface area contributed by atoms with Gasteiger partial charge in [-0.2, -0.15) is 0 Å². The number of amides is 2. The van der Waals surface area contributed by atoms with E-state index in [0.717, 1.165) is 29.2 Å². The van der Waals surface area contributed by atoms with Gasteiger partial charge in [0.15, 0.2) is 0 Å². The van der Waals surface area contributed by atoms with E-state index < -0.39 is 21.8 Å². The lowest BCUT2D eigenvalue weighted by atomic mass is 10.3. The molecule has 0 radical (unpaired) electrons. The molecule has 0 unspecified atom stereocenters. The summed E-state index contributed by atoms with van der Waals surface area (Å²) in [6, 6.07) is 4.86. The zero-order valence-electron chi connectivity index (χ0n) is 9.29. The molecule has 0 bridgehead atoms. The fraction of sp³-hybridized carbons (Fsp3) is 0. The number of hydrogen-bond donors (Lipinski definition) is 0. The van der Waals surface area contributed by atoms with Crippen LogP contribution in [0.5, 0.6) is 0 Å². The van der Waals surface area contributed by atoms with Crippen molar-refractivity contribution in [2.75, 3.05) is 4.90 Å². The maximum absolute atomic E-state index is 11.4. The number of carbonyl (C=O) groups is 2. The lowest BCUT2D eigenvalue weighted by Gasteiger charge is -2.13. The number of hydrogen-bond acceptors (Lipinski definition) is 4. The molecule has 0 saturated heterocycles. The number of carbonyl (C=O) groups excluding carboxylic acids is 2. The van der Waals surface area contributed by atoms with Crippen LogP contribution in [0.4, 0.5) is 5.69 Å². The van der Waals surface area contributed by atoms with Gasteiger partial charge in [0, 0.05) is 21.6 Å². The number of sulfonamides is 1.